The lowest BCUT2D eigenvalue weighted by molar-refractivity contribution is -0.150. The Morgan fingerprint density at radius 3 is 2.43 bits per heavy atom. The molecule has 0 aliphatic rings. The first-order valence-corrected chi connectivity index (χ1v) is 3.68. The molecule has 1 rings (SSSR count). The zero-order valence-corrected chi connectivity index (χ0v) is 6.95. The topological polar surface area (TPSA) is 56.0 Å². The lowest BCUT2D eigenvalue weighted by Crippen LogP contribution is -2.29. The van der Waals surface area contributed by atoms with Crippen molar-refractivity contribution >= 4 is 6.29 Å². The zero-order valence-electron chi connectivity index (χ0n) is 6.95. The van der Waals surface area contributed by atoms with Crippen molar-refractivity contribution in [2.45, 2.75) is 12.2 Å². The van der Waals surface area contributed by atoms with Crippen molar-refractivity contribution in [3.05, 3.63) is 29.6 Å². The highest BCUT2D eigenvalue weighted by atomic mass is 19.4. The molecule has 0 fully saturated rings. The number of nitrogens with zero attached hydrogens (tertiary/aromatic N) is 1. The van der Waals surface area contributed by atoms with Crippen LogP contribution in [-0.4, -0.2) is 17.4 Å². The van der Waals surface area contributed by atoms with E-state index in [2.05, 4.69) is 4.98 Å². The molecule has 0 aliphatic heterocycles. The predicted molar refractivity (Wildman–Crippen MR) is 42.6 cm³/mol. The van der Waals surface area contributed by atoms with Crippen LogP contribution in [-0.2, 0) is 0 Å². The monoisotopic (exact) mass is 204 g/mol. The van der Waals surface area contributed by atoms with Crippen molar-refractivity contribution in [1.82, 2.24) is 4.98 Å². The number of carbonyl (C=O) groups is 1. The number of aldehydes is 1. The van der Waals surface area contributed by atoms with E-state index in [1.165, 1.54) is 6.07 Å². The van der Waals surface area contributed by atoms with E-state index >= 15 is 0 Å². The number of hydrogen-bond donors (Lipinski definition) is 1. The van der Waals surface area contributed by atoms with Crippen LogP contribution in [0.2, 0.25) is 0 Å². The molecule has 0 aliphatic carbocycles. The summed E-state index contributed by atoms with van der Waals surface area (Å²) >= 11 is 0. The van der Waals surface area contributed by atoms with Gasteiger partial charge in [0.25, 0.3) is 0 Å². The fraction of sp³-hybridized carbons (Fsp3) is 0.250. The molecule has 0 saturated carbocycles. The van der Waals surface area contributed by atoms with Gasteiger partial charge in [0.1, 0.15) is 6.04 Å². The van der Waals surface area contributed by atoms with E-state index in [0.29, 0.717) is 6.29 Å². The van der Waals surface area contributed by atoms with E-state index in [9.17, 15) is 18.0 Å². The number of halogens is 3. The van der Waals surface area contributed by atoms with Crippen LogP contribution in [0.4, 0.5) is 13.2 Å². The molecule has 0 unspecified atom stereocenters. The van der Waals surface area contributed by atoms with Gasteiger partial charge in [-0.2, -0.15) is 13.2 Å². The highest BCUT2D eigenvalue weighted by Gasteiger charge is 2.38. The number of hydrogen-bond acceptors (Lipinski definition) is 3. The summed E-state index contributed by atoms with van der Waals surface area (Å²) in [5.41, 5.74) is 4.80. The van der Waals surface area contributed by atoms with Gasteiger partial charge in [-0.3, -0.25) is 9.78 Å². The van der Waals surface area contributed by atoms with Gasteiger partial charge in [0.2, 0.25) is 0 Å². The molecule has 0 aromatic carbocycles. The molecule has 1 aromatic heterocycles. The molecule has 1 heterocycles. The van der Waals surface area contributed by atoms with Crippen LogP contribution in [0.3, 0.4) is 0 Å². The van der Waals surface area contributed by atoms with Crippen LogP contribution >= 0.6 is 0 Å². The zero-order chi connectivity index (χ0) is 10.8. The Bertz CT molecular complexity index is 320. The summed E-state index contributed by atoms with van der Waals surface area (Å²) < 4.78 is 36.2. The van der Waals surface area contributed by atoms with E-state index in [-0.39, 0.29) is 11.3 Å². The Hall–Kier alpha value is -1.43. The van der Waals surface area contributed by atoms with Gasteiger partial charge in [0.05, 0.1) is 5.69 Å². The average molecular weight is 204 g/mol. The summed E-state index contributed by atoms with van der Waals surface area (Å²) in [6.07, 6.45) is -2.97. The van der Waals surface area contributed by atoms with Gasteiger partial charge in [-0.05, 0) is 12.1 Å². The maximum Gasteiger partial charge on any atom is 0.409 e. The first-order chi connectivity index (χ1) is 6.45. The smallest absolute Gasteiger partial charge is 0.315 e. The molecule has 3 nitrogen and oxygen atoms in total. The molecule has 1 aromatic rings. The van der Waals surface area contributed by atoms with Crippen LogP contribution in [0.25, 0.3) is 0 Å². The predicted octanol–water partition coefficient (Wildman–Crippen LogP) is 1.46. The van der Waals surface area contributed by atoms with Gasteiger partial charge in [-0.25, -0.2) is 0 Å². The summed E-state index contributed by atoms with van der Waals surface area (Å²) in [5, 5.41) is 0. The summed E-state index contributed by atoms with van der Waals surface area (Å²) in [6.45, 7) is 0. The Labute approximate surface area is 77.7 Å². The quantitative estimate of drug-likeness (QED) is 0.742. The molecule has 0 amide bonds. The van der Waals surface area contributed by atoms with Gasteiger partial charge in [-0.15, -0.1) is 0 Å². The Balaban J connectivity index is 2.92. The third kappa shape index (κ3) is 2.29. The summed E-state index contributed by atoms with van der Waals surface area (Å²) in [5.74, 6) is 0. The molecule has 0 bridgehead atoms. The SMILES string of the molecule is N[C@H](c1ccc(C=O)cn1)C(F)(F)F. The van der Waals surface area contributed by atoms with E-state index in [4.69, 9.17) is 5.73 Å². The number of carbonyl (C=O) groups excluding carboxylic acids is 1. The largest absolute Gasteiger partial charge is 0.409 e. The Morgan fingerprint density at radius 1 is 1.43 bits per heavy atom. The summed E-state index contributed by atoms with van der Waals surface area (Å²) in [6, 6.07) is 0.214. The molecule has 2 N–H and O–H groups in total. The van der Waals surface area contributed by atoms with Crippen LogP contribution in [0, 0.1) is 0 Å². The first-order valence-electron chi connectivity index (χ1n) is 3.68. The highest BCUT2D eigenvalue weighted by molar-refractivity contribution is 5.73. The van der Waals surface area contributed by atoms with E-state index in [1.807, 2.05) is 0 Å². The normalized spacial score (nSPS) is 13.7. The van der Waals surface area contributed by atoms with Gasteiger partial charge in [0, 0.05) is 11.8 Å². The summed E-state index contributed by atoms with van der Waals surface area (Å²) in [7, 11) is 0. The van der Waals surface area contributed by atoms with Crippen molar-refractivity contribution in [2.24, 2.45) is 5.73 Å². The maximum absolute atomic E-state index is 12.1. The van der Waals surface area contributed by atoms with Crippen molar-refractivity contribution < 1.29 is 18.0 Å². The van der Waals surface area contributed by atoms with Crippen molar-refractivity contribution in [3.8, 4) is 0 Å². The van der Waals surface area contributed by atoms with Crippen molar-refractivity contribution in [1.29, 1.82) is 0 Å². The minimum atomic E-state index is -4.52. The molecule has 1 atom stereocenters. The lowest BCUT2D eigenvalue weighted by Gasteiger charge is -2.14. The molecule has 0 saturated heterocycles. The second-order valence-corrected chi connectivity index (χ2v) is 2.65. The molecule has 0 radical (unpaired) electrons. The molecule has 76 valence electrons. The highest BCUT2D eigenvalue weighted by Crippen LogP contribution is 2.28. The maximum atomic E-state index is 12.1. The molecule has 14 heavy (non-hydrogen) atoms. The molecule has 0 spiro atoms. The Morgan fingerprint density at radius 2 is 2.07 bits per heavy atom. The van der Waals surface area contributed by atoms with Crippen molar-refractivity contribution in [2.75, 3.05) is 0 Å². The van der Waals surface area contributed by atoms with Crippen LogP contribution < -0.4 is 5.73 Å². The average Bonchev–Trinajstić information content (AvgIpc) is 2.15. The number of aromatic nitrogens is 1. The van der Waals surface area contributed by atoms with Gasteiger partial charge >= 0.3 is 6.18 Å². The number of nitrogens with two attached hydrogens (primary N) is 1. The minimum Gasteiger partial charge on any atom is -0.315 e. The second kappa shape index (κ2) is 3.75. The third-order valence-corrected chi connectivity index (χ3v) is 1.62. The van der Waals surface area contributed by atoms with Crippen LogP contribution in [0.15, 0.2) is 18.3 Å². The van der Waals surface area contributed by atoms with E-state index in [1.54, 1.807) is 0 Å². The Kier molecular flexibility index (Phi) is 2.85. The van der Waals surface area contributed by atoms with Crippen LogP contribution in [0.1, 0.15) is 22.1 Å². The third-order valence-electron chi connectivity index (χ3n) is 1.62. The number of rotatable bonds is 2. The molecular weight excluding hydrogens is 197 g/mol. The number of alkyl halides is 3. The molecule has 6 heteroatoms. The molecular formula is C8H7F3N2O. The van der Waals surface area contributed by atoms with Gasteiger partial charge in [0.15, 0.2) is 6.29 Å². The summed E-state index contributed by atoms with van der Waals surface area (Å²) in [4.78, 5) is 13.6. The fourth-order valence-corrected chi connectivity index (χ4v) is 0.838. The van der Waals surface area contributed by atoms with Gasteiger partial charge < -0.3 is 5.73 Å². The minimum absolute atomic E-state index is 0.211. The second-order valence-electron chi connectivity index (χ2n) is 2.65. The fourth-order valence-electron chi connectivity index (χ4n) is 0.838. The number of pyridine rings is 1. The van der Waals surface area contributed by atoms with Crippen LogP contribution in [0.5, 0.6) is 0 Å². The first kappa shape index (κ1) is 10.6. The van der Waals surface area contributed by atoms with Gasteiger partial charge in [-0.1, -0.05) is 0 Å². The lowest BCUT2D eigenvalue weighted by atomic mass is 10.2. The van der Waals surface area contributed by atoms with E-state index < -0.39 is 12.2 Å². The van der Waals surface area contributed by atoms with E-state index in [0.717, 1.165) is 12.3 Å². The standard InChI is InChI=1S/C8H7F3N2O/c9-8(10,11)7(12)6-2-1-5(4-14)3-13-6/h1-4,7H,12H2/t7-/m1/s1. The van der Waals surface area contributed by atoms with Crippen molar-refractivity contribution in [3.63, 3.8) is 0 Å².